The lowest BCUT2D eigenvalue weighted by Crippen LogP contribution is -2.42. The van der Waals surface area contributed by atoms with E-state index in [0.29, 0.717) is 0 Å². The predicted octanol–water partition coefficient (Wildman–Crippen LogP) is -1.50. The van der Waals surface area contributed by atoms with Gasteiger partial charge in [0.25, 0.3) is 0 Å². The van der Waals surface area contributed by atoms with Crippen LogP contribution in [0.3, 0.4) is 0 Å². The molecule has 4 N–H and O–H groups in total. The molecule has 1 saturated heterocycles. The SMILES string of the molecule is O=C(O)CN1CCCNCCNCNCC1. The molecule has 0 radical (unpaired) electrons. The molecular weight excluding hydrogens is 208 g/mol. The molecule has 1 fully saturated rings. The second kappa shape index (κ2) is 8.46. The van der Waals surface area contributed by atoms with Crippen molar-refractivity contribution in [2.45, 2.75) is 6.42 Å². The zero-order valence-corrected chi connectivity index (χ0v) is 9.67. The molecule has 1 rings (SSSR count). The fourth-order valence-electron chi connectivity index (χ4n) is 1.69. The van der Waals surface area contributed by atoms with Gasteiger partial charge in [-0.2, -0.15) is 0 Å². The highest BCUT2D eigenvalue weighted by Crippen LogP contribution is 1.91. The van der Waals surface area contributed by atoms with Crippen molar-refractivity contribution in [3.63, 3.8) is 0 Å². The Balaban J connectivity index is 2.27. The number of hydrogen-bond donors (Lipinski definition) is 4. The van der Waals surface area contributed by atoms with Crippen molar-refractivity contribution in [3.8, 4) is 0 Å². The Labute approximate surface area is 96.4 Å². The summed E-state index contributed by atoms with van der Waals surface area (Å²) in [5, 5.41) is 18.6. The summed E-state index contributed by atoms with van der Waals surface area (Å²) in [7, 11) is 0. The quantitative estimate of drug-likeness (QED) is 0.463. The van der Waals surface area contributed by atoms with Gasteiger partial charge >= 0.3 is 5.97 Å². The van der Waals surface area contributed by atoms with Crippen LogP contribution in [-0.2, 0) is 4.79 Å². The van der Waals surface area contributed by atoms with Gasteiger partial charge < -0.3 is 21.1 Å². The Morgan fingerprint density at radius 2 is 1.81 bits per heavy atom. The number of carboxylic acids is 1. The van der Waals surface area contributed by atoms with Crippen molar-refractivity contribution >= 4 is 5.97 Å². The van der Waals surface area contributed by atoms with Crippen LogP contribution in [0.5, 0.6) is 0 Å². The molecule has 0 bridgehead atoms. The van der Waals surface area contributed by atoms with E-state index in [0.717, 1.165) is 52.4 Å². The molecule has 94 valence electrons. The van der Waals surface area contributed by atoms with Crippen molar-refractivity contribution < 1.29 is 9.90 Å². The summed E-state index contributed by atoms with van der Waals surface area (Å²) in [6.07, 6.45) is 0.993. The highest BCUT2D eigenvalue weighted by atomic mass is 16.4. The number of aliphatic carboxylic acids is 1. The second-order valence-corrected chi connectivity index (χ2v) is 3.95. The summed E-state index contributed by atoms with van der Waals surface area (Å²) in [4.78, 5) is 12.6. The first-order valence-electron chi connectivity index (χ1n) is 5.85. The van der Waals surface area contributed by atoms with Gasteiger partial charge in [-0.3, -0.25) is 9.69 Å². The molecule has 1 aliphatic heterocycles. The minimum Gasteiger partial charge on any atom is -0.480 e. The Bertz CT molecular complexity index is 189. The molecule has 0 atom stereocenters. The molecule has 0 aromatic carbocycles. The maximum absolute atomic E-state index is 10.7. The van der Waals surface area contributed by atoms with Crippen LogP contribution in [-0.4, -0.2) is 68.5 Å². The van der Waals surface area contributed by atoms with Crippen molar-refractivity contribution in [3.05, 3.63) is 0 Å². The number of nitrogens with zero attached hydrogens (tertiary/aromatic N) is 1. The molecule has 0 aromatic heterocycles. The van der Waals surface area contributed by atoms with E-state index in [1.807, 2.05) is 4.90 Å². The number of rotatable bonds is 2. The molecule has 0 amide bonds. The Hall–Kier alpha value is -0.690. The zero-order valence-electron chi connectivity index (χ0n) is 9.67. The molecule has 0 unspecified atom stereocenters. The highest BCUT2D eigenvalue weighted by molar-refractivity contribution is 5.69. The summed E-state index contributed by atoms with van der Waals surface area (Å²) in [6, 6.07) is 0. The van der Waals surface area contributed by atoms with Gasteiger partial charge in [-0.15, -0.1) is 0 Å². The zero-order chi connectivity index (χ0) is 11.6. The van der Waals surface area contributed by atoms with Crippen molar-refractivity contribution in [2.24, 2.45) is 0 Å². The largest absolute Gasteiger partial charge is 0.480 e. The molecular formula is C10H22N4O2. The van der Waals surface area contributed by atoms with Gasteiger partial charge in [-0.25, -0.2) is 0 Å². The highest BCUT2D eigenvalue weighted by Gasteiger charge is 2.08. The first-order chi connectivity index (χ1) is 7.79. The Morgan fingerprint density at radius 1 is 1.06 bits per heavy atom. The number of hydrogen-bond acceptors (Lipinski definition) is 5. The van der Waals surface area contributed by atoms with E-state index in [2.05, 4.69) is 16.0 Å². The monoisotopic (exact) mass is 230 g/mol. The van der Waals surface area contributed by atoms with E-state index in [1.54, 1.807) is 0 Å². The van der Waals surface area contributed by atoms with E-state index >= 15 is 0 Å². The van der Waals surface area contributed by atoms with Crippen LogP contribution in [0.2, 0.25) is 0 Å². The van der Waals surface area contributed by atoms with E-state index < -0.39 is 5.97 Å². The average molecular weight is 230 g/mol. The first kappa shape index (κ1) is 13.4. The van der Waals surface area contributed by atoms with Gasteiger partial charge in [0.15, 0.2) is 0 Å². The third kappa shape index (κ3) is 6.73. The number of carbonyl (C=O) groups is 1. The molecule has 0 aliphatic carbocycles. The molecule has 1 heterocycles. The summed E-state index contributed by atoms with van der Waals surface area (Å²) in [6.45, 7) is 6.24. The smallest absolute Gasteiger partial charge is 0.317 e. The first-order valence-corrected chi connectivity index (χ1v) is 5.85. The van der Waals surface area contributed by atoms with Crippen LogP contribution < -0.4 is 16.0 Å². The van der Waals surface area contributed by atoms with Gasteiger partial charge in [-0.1, -0.05) is 0 Å². The molecule has 0 spiro atoms. The van der Waals surface area contributed by atoms with Crippen LogP contribution in [0.25, 0.3) is 0 Å². The molecule has 0 saturated carbocycles. The minimum absolute atomic E-state index is 0.134. The lowest BCUT2D eigenvalue weighted by molar-refractivity contribution is -0.138. The summed E-state index contributed by atoms with van der Waals surface area (Å²) in [5.74, 6) is -0.752. The molecule has 6 nitrogen and oxygen atoms in total. The summed E-state index contributed by atoms with van der Waals surface area (Å²) in [5.41, 5.74) is 0. The molecule has 6 heteroatoms. The molecule has 0 aromatic rings. The van der Waals surface area contributed by atoms with Crippen molar-refractivity contribution in [2.75, 3.05) is 52.5 Å². The Morgan fingerprint density at radius 3 is 2.62 bits per heavy atom. The van der Waals surface area contributed by atoms with Gasteiger partial charge in [0.1, 0.15) is 0 Å². The normalized spacial score (nSPS) is 22.0. The maximum atomic E-state index is 10.7. The van der Waals surface area contributed by atoms with E-state index in [-0.39, 0.29) is 6.54 Å². The fourth-order valence-corrected chi connectivity index (χ4v) is 1.69. The summed E-state index contributed by atoms with van der Waals surface area (Å²) >= 11 is 0. The van der Waals surface area contributed by atoms with Crippen molar-refractivity contribution in [1.29, 1.82) is 0 Å². The van der Waals surface area contributed by atoms with E-state index in [4.69, 9.17) is 5.11 Å². The van der Waals surface area contributed by atoms with Crippen LogP contribution in [0.4, 0.5) is 0 Å². The second-order valence-electron chi connectivity index (χ2n) is 3.95. The maximum Gasteiger partial charge on any atom is 0.317 e. The van der Waals surface area contributed by atoms with Crippen LogP contribution >= 0.6 is 0 Å². The van der Waals surface area contributed by atoms with Crippen LogP contribution in [0, 0.1) is 0 Å². The van der Waals surface area contributed by atoms with Gasteiger partial charge in [0.05, 0.1) is 6.54 Å². The fraction of sp³-hybridized carbons (Fsp3) is 0.900. The van der Waals surface area contributed by atoms with E-state index in [9.17, 15) is 4.79 Å². The lowest BCUT2D eigenvalue weighted by Gasteiger charge is -2.21. The van der Waals surface area contributed by atoms with Gasteiger partial charge in [-0.05, 0) is 19.5 Å². The number of carboxylic acid groups (broad SMARTS) is 1. The third-order valence-electron chi connectivity index (χ3n) is 2.52. The minimum atomic E-state index is -0.752. The average Bonchev–Trinajstić information content (AvgIpc) is 2.21. The van der Waals surface area contributed by atoms with Gasteiger partial charge in [0, 0.05) is 32.8 Å². The predicted molar refractivity (Wildman–Crippen MR) is 62.4 cm³/mol. The van der Waals surface area contributed by atoms with Crippen LogP contribution in [0.15, 0.2) is 0 Å². The van der Waals surface area contributed by atoms with Crippen molar-refractivity contribution in [1.82, 2.24) is 20.9 Å². The lowest BCUT2D eigenvalue weighted by atomic mass is 10.3. The molecule has 1 aliphatic rings. The third-order valence-corrected chi connectivity index (χ3v) is 2.52. The van der Waals surface area contributed by atoms with Crippen LogP contribution in [0.1, 0.15) is 6.42 Å². The Kier molecular flexibility index (Phi) is 7.07. The standard InChI is InChI=1S/C10H22N4O2/c15-10(16)8-14-6-1-2-11-3-4-12-9-13-5-7-14/h11-13H,1-9H2,(H,15,16). The van der Waals surface area contributed by atoms with Gasteiger partial charge in [0.2, 0.25) is 0 Å². The van der Waals surface area contributed by atoms with E-state index in [1.165, 1.54) is 0 Å². The molecule has 16 heavy (non-hydrogen) atoms. The number of nitrogens with one attached hydrogen (secondary N) is 3. The summed E-state index contributed by atoms with van der Waals surface area (Å²) < 4.78 is 0. The topological polar surface area (TPSA) is 76.6 Å².